The molecule has 2 heterocycles. The first-order chi connectivity index (χ1) is 15.2. The maximum atomic E-state index is 12.0. The number of tetrazole rings is 1. The van der Waals surface area contributed by atoms with Crippen molar-refractivity contribution in [2.75, 3.05) is 19.0 Å². The van der Waals surface area contributed by atoms with Gasteiger partial charge in [-0.1, -0.05) is 41.6 Å². The predicted octanol–water partition coefficient (Wildman–Crippen LogP) is 2.33. The second-order valence-corrected chi connectivity index (χ2v) is 6.72. The Kier molecular flexibility index (Phi) is 8.18. The number of benzene rings is 1. The number of methoxy groups -OCH3 is 1. The molecule has 31 heavy (non-hydrogen) atoms. The molecule has 10 heteroatoms. The van der Waals surface area contributed by atoms with Crippen LogP contribution < -0.4 is 5.32 Å². The van der Waals surface area contributed by atoms with E-state index in [9.17, 15) is 4.79 Å². The zero-order chi connectivity index (χ0) is 21.9. The fourth-order valence-corrected chi connectivity index (χ4v) is 2.78. The molecular weight excluding hydrogens is 398 g/mol. The Labute approximate surface area is 180 Å². The van der Waals surface area contributed by atoms with E-state index in [0.717, 1.165) is 18.4 Å². The molecule has 3 aromatic rings. The number of pyridine rings is 1. The summed E-state index contributed by atoms with van der Waals surface area (Å²) in [5.41, 5.74) is 1.96. The SMILES string of the molecule is COCCCCC(=O)Nc1cccc(CON=C(c2ccccc2)c2nnnn2C)n1. The third kappa shape index (κ3) is 6.68. The molecule has 0 bridgehead atoms. The van der Waals surface area contributed by atoms with Crippen LogP contribution in [0.5, 0.6) is 0 Å². The largest absolute Gasteiger partial charge is 0.389 e. The standard InChI is InChI=1S/C21H25N7O3/c1-28-21(24-26-27-28)20(16-9-4-3-5-10-16)25-31-15-17-11-8-12-18(22-17)23-19(29)13-6-7-14-30-2/h3-5,8-12H,6-7,13-15H2,1-2H3,(H,22,23,29). The summed E-state index contributed by atoms with van der Waals surface area (Å²) in [6.07, 6.45) is 2.02. The minimum Gasteiger partial charge on any atom is -0.389 e. The van der Waals surface area contributed by atoms with Crippen LogP contribution in [-0.2, 0) is 28.0 Å². The van der Waals surface area contributed by atoms with Gasteiger partial charge in [0.2, 0.25) is 11.7 Å². The molecule has 0 aliphatic carbocycles. The molecule has 10 nitrogen and oxygen atoms in total. The van der Waals surface area contributed by atoms with Crippen molar-refractivity contribution in [1.82, 2.24) is 25.2 Å². The first kappa shape index (κ1) is 22.0. The number of hydrogen-bond acceptors (Lipinski definition) is 8. The van der Waals surface area contributed by atoms with Gasteiger partial charge in [0.1, 0.15) is 5.82 Å². The summed E-state index contributed by atoms with van der Waals surface area (Å²) >= 11 is 0. The zero-order valence-corrected chi connectivity index (χ0v) is 17.6. The van der Waals surface area contributed by atoms with Gasteiger partial charge in [0, 0.05) is 32.7 Å². The molecule has 0 fully saturated rings. The number of ether oxygens (including phenoxy) is 1. The van der Waals surface area contributed by atoms with Crippen molar-refractivity contribution in [2.24, 2.45) is 12.2 Å². The van der Waals surface area contributed by atoms with E-state index in [1.165, 1.54) is 4.68 Å². The minimum absolute atomic E-state index is 0.0826. The van der Waals surface area contributed by atoms with Crippen molar-refractivity contribution in [3.8, 4) is 0 Å². The van der Waals surface area contributed by atoms with Crippen molar-refractivity contribution in [3.05, 3.63) is 65.6 Å². The number of oxime groups is 1. The molecule has 0 aliphatic rings. The molecule has 162 valence electrons. The Morgan fingerprint density at radius 2 is 1.97 bits per heavy atom. The van der Waals surface area contributed by atoms with E-state index >= 15 is 0 Å². The van der Waals surface area contributed by atoms with Crippen molar-refractivity contribution >= 4 is 17.4 Å². The number of aryl methyl sites for hydroxylation is 1. The van der Waals surface area contributed by atoms with E-state index in [1.807, 2.05) is 30.3 Å². The molecule has 3 rings (SSSR count). The highest BCUT2D eigenvalue weighted by Gasteiger charge is 2.14. The number of unbranched alkanes of at least 4 members (excludes halogenated alkanes) is 1. The van der Waals surface area contributed by atoms with Crippen LogP contribution in [0.4, 0.5) is 5.82 Å². The molecule has 0 saturated carbocycles. The molecule has 0 atom stereocenters. The van der Waals surface area contributed by atoms with Crippen molar-refractivity contribution in [3.63, 3.8) is 0 Å². The van der Waals surface area contributed by atoms with E-state index < -0.39 is 0 Å². The van der Waals surface area contributed by atoms with Gasteiger partial charge in [-0.2, -0.15) is 0 Å². The van der Waals surface area contributed by atoms with Gasteiger partial charge in [-0.25, -0.2) is 9.67 Å². The molecule has 0 spiro atoms. The minimum atomic E-state index is -0.0826. The third-order valence-electron chi connectivity index (χ3n) is 4.32. The summed E-state index contributed by atoms with van der Waals surface area (Å²) in [7, 11) is 3.38. The number of amides is 1. The molecule has 0 saturated heterocycles. The van der Waals surface area contributed by atoms with Crippen LogP contribution in [0.2, 0.25) is 0 Å². The summed E-state index contributed by atoms with van der Waals surface area (Å²) < 4.78 is 6.51. The Hall–Kier alpha value is -3.66. The van der Waals surface area contributed by atoms with E-state index in [4.69, 9.17) is 9.57 Å². The Morgan fingerprint density at radius 3 is 2.71 bits per heavy atom. The van der Waals surface area contributed by atoms with E-state index in [2.05, 4.69) is 31.0 Å². The normalized spacial score (nSPS) is 11.4. The number of hydrogen-bond donors (Lipinski definition) is 1. The van der Waals surface area contributed by atoms with Gasteiger partial charge in [0.25, 0.3) is 0 Å². The number of nitrogens with one attached hydrogen (secondary N) is 1. The fourth-order valence-electron chi connectivity index (χ4n) is 2.78. The van der Waals surface area contributed by atoms with Gasteiger partial charge in [0.15, 0.2) is 12.3 Å². The second-order valence-electron chi connectivity index (χ2n) is 6.72. The summed E-state index contributed by atoms with van der Waals surface area (Å²) in [4.78, 5) is 22.0. The maximum absolute atomic E-state index is 12.0. The lowest BCUT2D eigenvalue weighted by atomic mass is 10.1. The highest BCUT2D eigenvalue weighted by atomic mass is 16.6. The molecule has 0 unspecified atom stereocenters. The average Bonchev–Trinajstić information content (AvgIpc) is 3.21. The summed E-state index contributed by atoms with van der Waals surface area (Å²) in [6, 6.07) is 14.9. The van der Waals surface area contributed by atoms with Gasteiger partial charge in [-0.15, -0.1) is 5.10 Å². The summed E-state index contributed by atoms with van der Waals surface area (Å²) in [6.45, 7) is 0.771. The first-order valence-electron chi connectivity index (χ1n) is 9.90. The van der Waals surface area contributed by atoms with Crippen LogP contribution in [0.3, 0.4) is 0 Å². The lowest BCUT2D eigenvalue weighted by Gasteiger charge is -2.08. The molecule has 1 amide bonds. The van der Waals surface area contributed by atoms with Gasteiger partial charge >= 0.3 is 0 Å². The smallest absolute Gasteiger partial charge is 0.225 e. The lowest BCUT2D eigenvalue weighted by molar-refractivity contribution is -0.116. The summed E-state index contributed by atoms with van der Waals surface area (Å²) in [5, 5.41) is 18.6. The molecular formula is C21H25N7O3. The highest BCUT2D eigenvalue weighted by Crippen LogP contribution is 2.11. The molecule has 1 aromatic carbocycles. The van der Waals surface area contributed by atoms with Crippen molar-refractivity contribution in [1.29, 1.82) is 0 Å². The van der Waals surface area contributed by atoms with Gasteiger partial charge in [0.05, 0.1) is 5.69 Å². The topological polar surface area (TPSA) is 116 Å². The number of nitrogens with zero attached hydrogens (tertiary/aromatic N) is 6. The Bertz CT molecular complexity index is 1000. The van der Waals surface area contributed by atoms with E-state index in [1.54, 1.807) is 32.4 Å². The summed E-state index contributed by atoms with van der Waals surface area (Å²) in [5.74, 6) is 0.872. The Morgan fingerprint density at radius 1 is 1.13 bits per heavy atom. The van der Waals surface area contributed by atoms with E-state index in [-0.39, 0.29) is 12.5 Å². The van der Waals surface area contributed by atoms with E-state index in [0.29, 0.717) is 36.1 Å². The lowest BCUT2D eigenvalue weighted by Crippen LogP contribution is -2.13. The highest BCUT2D eigenvalue weighted by molar-refractivity contribution is 6.10. The Balaban J connectivity index is 1.63. The number of aromatic nitrogens is 5. The number of rotatable bonds is 11. The van der Waals surface area contributed by atoms with Crippen LogP contribution in [-0.4, -0.2) is 50.5 Å². The first-order valence-corrected chi connectivity index (χ1v) is 9.90. The zero-order valence-electron chi connectivity index (χ0n) is 17.6. The van der Waals surface area contributed by atoms with Crippen LogP contribution in [0.25, 0.3) is 0 Å². The van der Waals surface area contributed by atoms with Gasteiger partial charge < -0.3 is 14.9 Å². The molecule has 1 N–H and O–H groups in total. The van der Waals surface area contributed by atoms with Gasteiger partial charge in [-0.05, 0) is 35.4 Å². The van der Waals surface area contributed by atoms with Gasteiger partial charge in [-0.3, -0.25) is 4.79 Å². The van der Waals surface area contributed by atoms with Crippen LogP contribution in [0, 0.1) is 0 Å². The van der Waals surface area contributed by atoms with Crippen molar-refractivity contribution in [2.45, 2.75) is 25.9 Å². The fraction of sp³-hybridized carbons (Fsp3) is 0.333. The second kappa shape index (κ2) is 11.5. The van der Waals surface area contributed by atoms with Crippen LogP contribution in [0.1, 0.15) is 36.3 Å². The molecule has 0 aliphatic heterocycles. The predicted molar refractivity (Wildman–Crippen MR) is 114 cm³/mol. The molecule has 2 aromatic heterocycles. The number of carbonyl (C=O) groups excluding carboxylic acids is 1. The van der Waals surface area contributed by atoms with Crippen LogP contribution >= 0.6 is 0 Å². The molecule has 0 radical (unpaired) electrons. The maximum Gasteiger partial charge on any atom is 0.225 e. The number of anilines is 1. The average molecular weight is 423 g/mol. The monoisotopic (exact) mass is 423 g/mol. The number of carbonyl (C=O) groups is 1. The third-order valence-corrected chi connectivity index (χ3v) is 4.32. The van der Waals surface area contributed by atoms with Crippen molar-refractivity contribution < 1.29 is 14.4 Å². The van der Waals surface area contributed by atoms with Crippen LogP contribution in [0.15, 0.2) is 53.7 Å². The quantitative estimate of drug-likeness (QED) is 0.286.